The first-order valence-electron chi connectivity index (χ1n) is 12.6. The first kappa shape index (κ1) is 33.8. The van der Waals surface area contributed by atoms with Gasteiger partial charge in [-0.15, -0.1) is 0 Å². The Morgan fingerprint density at radius 3 is 2.61 bits per heavy atom. The number of Topliss-reactive ketones (excluding diaryl/α,β-unsaturated/α-hetero) is 1. The molecule has 3 heterocycles. The summed E-state index contributed by atoms with van der Waals surface area (Å²) in [5, 5.41) is 3.65. The molecule has 0 saturated carbocycles. The monoisotopic (exact) mass is 676 g/mol. The van der Waals surface area contributed by atoms with Crippen molar-refractivity contribution in [3.8, 4) is 0 Å². The SMILES string of the molecule is CC(Cc1ccccc1C(=O)CC1C[C@H](n2cnc3c(N)ncnc32)O[C@@H]1COP(=O)(O)OP(=O)(O)OP(=O)(O)O)N=[N+]=[N-]. The Bertz CT molecular complexity index is 1730. The van der Waals surface area contributed by atoms with E-state index in [1.807, 2.05) is 0 Å². The maximum Gasteiger partial charge on any atom is 0.490 e. The van der Waals surface area contributed by atoms with Crippen molar-refractivity contribution in [2.75, 3.05) is 12.3 Å². The third-order valence-electron chi connectivity index (χ3n) is 6.41. The molecule has 4 rings (SSSR count). The number of nitrogen functional groups attached to an aromatic ring is 1. The van der Waals surface area contributed by atoms with E-state index in [1.165, 1.54) is 17.2 Å². The average Bonchev–Trinajstić information content (AvgIpc) is 3.50. The number of ketones is 1. The van der Waals surface area contributed by atoms with E-state index in [1.54, 1.807) is 31.2 Å². The van der Waals surface area contributed by atoms with Crippen LogP contribution in [0.4, 0.5) is 5.82 Å². The summed E-state index contributed by atoms with van der Waals surface area (Å²) in [6.45, 7) is 0.929. The van der Waals surface area contributed by atoms with Crippen molar-refractivity contribution in [3.63, 3.8) is 0 Å². The molecule has 6 atom stereocenters. The number of imidazole rings is 1. The van der Waals surface area contributed by atoms with Crippen molar-refractivity contribution >= 4 is 46.2 Å². The predicted octanol–water partition coefficient (Wildman–Crippen LogP) is 3.17. The fourth-order valence-corrected chi connectivity index (χ4v) is 7.70. The van der Waals surface area contributed by atoms with Crippen LogP contribution in [-0.2, 0) is 38.0 Å². The number of ether oxygens (including phenoxy) is 1. The summed E-state index contributed by atoms with van der Waals surface area (Å²) in [7, 11) is -16.8. The molecule has 238 valence electrons. The summed E-state index contributed by atoms with van der Waals surface area (Å²) in [5.41, 5.74) is 16.2. The number of hydrogen-bond donors (Lipinski definition) is 5. The molecule has 0 aliphatic carbocycles. The van der Waals surface area contributed by atoms with Crippen LogP contribution in [0.5, 0.6) is 0 Å². The van der Waals surface area contributed by atoms with Gasteiger partial charge in [-0.2, -0.15) is 8.62 Å². The Balaban J connectivity index is 1.57. The van der Waals surface area contributed by atoms with Crippen LogP contribution in [0.25, 0.3) is 21.6 Å². The number of carbonyl (C=O) groups excluding carboxylic acids is 1. The van der Waals surface area contributed by atoms with E-state index in [0.29, 0.717) is 16.8 Å². The van der Waals surface area contributed by atoms with Gasteiger partial charge in [0.1, 0.15) is 18.1 Å². The van der Waals surface area contributed by atoms with Gasteiger partial charge in [-0.25, -0.2) is 28.6 Å². The van der Waals surface area contributed by atoms with E-state index in [-0.39, 0.29) is 36.4 Å². The maximum atomic E-state index is 13.5. The number of nitrogens with two attached hydrogens (primary N) is 1. The largest absolute Gasteiger partial charge is 0.490 e. The van der Waals surface area contributed by atoms with Crippen LogP contribution in [0.15, 0.2) is 42.0 Å². The molecular weight excluding hydrogens is 649 g/mol. The summed E-state index contributed by atoms with van der Waals surface area (Å²) in [6.07, 6.45) is 0.943. The molecule has 0 bridgehead atoms. The molecule has 23 heteroatoms. The van der Waals surface area contributed by atoms with Crippen LogP contribution >= 0.6 is 23.5 Å². The van der Waals surface area contributed by atoms with Gasteiger partial charge in [-0.1, -0.05) is 36.3 Å². The van der Waals surface area contributed by atoms with Crippen molar-refractivity contribution in [2.24, 2.45) is 11.0 Å². The predicted molar refractivity (Wildman–Crippen MR) is 149 cm³/mol. The molecule has 1 aliphatic rings. The molecule has 3 aromatic rings. The maximum absolute atomic E-state index is 13.5. The number of anilines is 1. The summed E-state index contributed by atoms with van der Waals surface area (Å²) in [5.74, 6) is -0.901. The molecule has 20 nitrogen and oxygen atoms in total. The molecule has 6 N–H and O–H groups in total. The molecule has 2 aromatic heterocycles. The lowest BCUT2D eigenvalue weighted by Gasteiger charge is -2.21. The summed E-state index contributed by atoms with van der Waals surface area (Å²) < 4.78 is 55.0. The molecule has 44 heavy (non-hydrogen) atoms. The first-order chi connectivity index (χ1) is 20.6. The Morgan fingerprint density at radius 2 is 1.91 bits per heavy atom. The van der Waals surface area contributed by atoms with Crippen LogP contribution in [0.3, 0.4) is 0 Å². The second-order valence-electron chi connectivity index (χ2n) is 9.64. The minimum atomic E-state index is -5.75. The van der Waals surface area contributed by atoms with Crippen molar-refractivity contribution in [2.45, 2.75) is 44.6 Å². The highest BCUT2D eigenvalue weighted by atomic mass is 31.3. The zero-order valence-corrected chi connectivity index (χ0v) is 25.4. The third-order valence-corrected chi connectivity index (χ3v) is 10.2. The van der Waals surface area contributed by atoms with Crippen molar-refractivity contribution in [1.29, 1.82) is 0 Å². The van der Waals surface area contributed by atoms with Crippen LogP contribution in [0.1, 0.15) is 41.9 Å². The first-order valence-corrected chi connectivity index (χ1v) is 17.1. The zero-order valence-electron chi connectivity index (χ0n) is 22.7. The number of rotatable bonds is 14. The van der Waals surface area contributed by atoms with Gasteiger partial charge in [0.15, 0.2) is 17.2 Å². The lowest BCUT2D eigenvalue weighted by molar-refractivity contribution is -0.0287. The lowest BCUT2D eigenvalue weighted by atomic mass is 9.89. The quantitative estimate of drug-likeness (QED) is 0.0538. The smallest absolute Gasteiger partial charge is 0.382 e. The van der Waals surface area contributed by atoms with Crippen LogP contribution in [-0.4, -0.2) is 63.6 Å². The second kappa shape index (κ2) is 13.5. The van der Waals surface area contributed by atoms with Gasteiger partial charge in [0, 0.05) is 22.9 Å². The topological polar surface area (TPSA) is 304 Å². The number of azide groups is 1. The number of hydrogen-bond acceptors (Lipinski definition) is 13. The molecule has 0 amide bonds. The number of phosphoric ester groups is 1. The molecule has 1 aliphatic heterocycles. The Hall–Kier alpha value is -3.08. The van der Waals surface area contributed by atoms with Gasteiger partial charge in [0.2, 0.25) is 0 Å². The average molecular weight is 676 g/mol. The van der Waals surface area contributed by atoms with Crippen LogP contribution < -0.4 is 5.73 Å². The van der Waals surface area contributed by atoms with E-state index in [9.17, 15) is 28.3 Å². The summed E-state index contributed by atoms with van der Waals surface area (Å²) in [4.78, 5) is 65.5. The fourth-order valence-electron chi connectivity index (χ4n) is 4.67. The van der Waals surface area contributed by atoms with Gasteiger partial charge in [-0.05, 0) is 29.9 Å². The minimum absolute atomic E-state index is 0.106. The van der Waals surface area contributed by atoms with Crippen LogP contribution in [0, 0.1) is 5.92 Å². The number of aromatic nitrogens is 4. The number of nitrogens with zero attached hydrogens (tertiary/aromatic N) is 7. The van der Waals surface area contributed by atoms with E-state index >= 15 is 0 Å². The highest BCUT2D eigenvalue weighted by Gasteiger charge is 2.43. The van der Waals surface area contributed by atoms with Gasteiger partial charge in [0.05, 0.1) is 19.0 Å². The Kier molecular flexibility index (Phi) is 10.4. The number of phosphoric acid groups is 3. The van der Waals surface area contributed by atoms with E-state index in [0.717, 1.165) is 0 Å². The number of benzene rings is 1. The van der Waals surface area contributed by atoms with Crippen LogP contribution in [0.2, 0.25) is 0 Å². The van der Waals surface area contributed by atoms with Crippen molar-refractivity contribution in [1.82, 2.24) is 19.5 Å². The van der Waals surface area contributed by atoms with Crippen molar-refractivity contribution in [3.05, 3.63) is 58.5 Å². The minimum Gasteiger partial charge on any atom is -0.382 e. The Labute approximate surface area is 248 Å². The molecule has 4 unspecified atom stereocenters. The molecule has 0 radical (unpaired) electrons. The van der Waals surface area contributed by atoms with Gasteiger partial charge in [0.25, 0.3) is 0 Å². The number of carbonyl (C=O) groups is 1. The van der Waals surface area contributed by atoms with E-state index in [2.05, 4.69) is 33.6 Å². The third kappa shape index (κ3) is 8.76. The highest BCUT2D eigenvalue weighted by Crippen LogP contribution is 2.66. The normalized spacial score (nSPS) is 22.2. The molecular formula is C21H27N8O12P3. The Morgan fingerprint density at radius 1 is 1.18 bits per heavy atom. The van der Waals surface area contributed by atoms with Gasteiger partial charge in [-0.3, -0.25) is 13.9 Å². The fraction of sp³-hybridized carbons (Fsp3) is 0.429. The second-order valence-corrected chi connectivity index (χ2v) is 14.1. The molecule has 1 saturated heterocycles. The molecule has 0 spiro atoms. The summed E-state index contributed by atoms with van der Waals surface area (Å²) in [6, 6.07) is 6.29. The van der Waals surface area contributed by atoms with Gasteiger partial charge < -0.3 is 30.0 Å². The zero-order chi connectivity index (χ0) is 32.3. The number of fused-ring (bicyclic) bond motifs is 1. The molecule has 1 aromatic carbocycles. The van der Waals surface area contributed by atoms with E-state index < -0.39 is 54.4 Å². The van der Waals surface area contributed by atoms with Crippen molar-refractivity contribution < 1.29 is 55.9 Å². The standard InChI is InChI=1S/C21H27N8O12P3/c1-12(27-28-23)6-13-4-2-3-5-15(13)16(30)7-14-8-18(29-11-26-19-20(22)24-10-25-21(19)29)39-17(14)9-38-43(34,35)41-44(36,37)40-42(31,32)33/h2-5,10-12,14,17-18H,6-9H2,1H3,(H,34,35)(H,36,37)(H2,22,24,25)(H2,31,32,33)/t12?,14?,17-,18-/m1/s1. The lowest BCUT2D eigenvalue weighted by Crippen LogP contribution is -2.25. The van der Waals surface area contributed by atoms with E-state index in [4.69, 9.17) is 30.3 Å². The molecule has 1 fully saturated rings. The highest BCUT2D eigenvalue weighted by molar-refractivity contribution is 7.66. The van der Waals surface area contributed by atoms with Gasteiger partial charge >= 0.3 is 23.5 Å². The summed E-state index contributed by atoms with van der Waals surface area (Å²) >= 11 is 0.